The Kier molecular flexibility index (Phi) is 5.95. The number of benzene rings is 2. The molecule has 0 unspecified atom stereocenters. The third-order valence-electron chi connectivity index (χ3n) is 4.22. The summed E-state index contributed by atoms with van der Waals surface area (Å²) in [7, 11) is 0. The molecular formula is C20H17ClN4OS2. The van der Waals surface area contributed by atoms with E-state index in [0.29, 0.717) is 18.0 Å². The first kappa shape index (κ1) is 19.0. The number of carbonyl (C=O) groups is 1. The maximum absolute atomic E-state index is 12.3. The molecule has 0 aliphatic carbocycles. The SMILES string of the molecule is O=C(CCc1c[nH]c2ccccc12)Nc1nnc(SCc2ccc(Cl)cc2)s1. The lowest BCUT2D eigenvalue weighted by atomic mass is 10.1. The van der Waals surface area contributed by atoms with Gasteiger partial charge in [-0.3, -0.25) is 4.79 Å². The standard InChI is InChI=1S/C20H17ClN4OS2/c21-15-8-5-13(6-9-15)12-27-20-25-24-19(28-20)23-18(26)10-7-14-11-22-17-4-2-1-3-16(14)17/h1-6,8-9,11,22H,7,10,12H2,(H,23,24,26). The average molecular weight is 429 g/mol. The van der Waals surface area contributed by atoms with Crippen LogP contribution in [0.15, 0.2) is 59.1 Å². The largest absolute Gasteiger partial charge is 0.361 e. The summed E-state index contributed by atoms with van der Waals surface area (Å²) in [5.41, 5.74) is 3.39. The first-order chi connectivity index (χ1) is 13.7. The number of aromatic amines is 1. The molecule has 0 aliphatic heterocycles. The van der Waals surface area contributed by atoms with Crippen molar-refractivity contribution in [3.63, 3.8) is 0 Å². The number of rotatable bonds is 7. The monoisotopic (exact) mass is 428 g/mol. The number of aryl methyl sites for hydroxylation is 1. The molecule has 2 heterocycles. The van der Waals surface area contributed by atoms with E-state index in [1.54, 1.807) is 11.8 Å². The zero-order valence-electron chi connectivity index (χ0n) is 14.8. The smallest absolute Gasteiger partial charge is 0.226 e. The van der Waals surface area contributed by atoms with Gasteiger partial charge in [-0.15, -0.1) is 10.2 Å². The zero-order valence-corrected chi connectivity index (χ0v) is 17.2. The summed E-state index contributed by atoms with van der Waals surface area (Å²) in [5, 5.41) is 13.5. The third-order valence-corrected chi connectivity index (χ3v) is 6.52. The van der Waals surface area contributed by atoms with Crippen molar-refractivity contribution in [2.45, 2.75) is 22.9 Å². The highest BCUT2D eigenvalue weighted by atomic mass is 35.5. The fraction of sp³-hybridized carbons (Fsp3) is 0.150. The molecule has 0 spiro atoms. The van der Waals surface area contributed by atoms with Crippen molar-refractivity contribution in [2.24, 2.45) is 0 Å². The number of nitrogens with one attached hydrogen (secondary N) is 2. The number of para-hydroxylation sites is 1. The molecule has 0 aliphatic rings. The molecule has 2 aromatic heterocycles. The van der Waals surface area contributed by atoms with Crippen LogP contribution in [-0.2, 0) is 17.0 Å². The van der Waals surface area contributed by atoms with E-state index >= 15 is 0 Å². The van der Waals surface area contributed by atoms with Gasteiger partial charge in [-0.1, -0.05) is 65.0 Å². The number of aromatic nitrogens is 3. The van der Waals surface area contributed by atoms with E-state index in [1.165, 1.54) is 11.3 Å². The number of H-pyrrole nitrogens is 1. The second kappa shape index (κ2) is 8.77. The van der Waals surface area contributed by atoms with E-state index in [2.05, 4.69) is 26.6 Å². The summed E-state index contributed by atoms with van der Waals surface area (Å²) in [6, 6.07) is 15.8. The van der Waals surface area contributed by atoms with Gasteiger partial charge in [0.1, 0.15) is 0 Å². The second-order valence-corrected chi connectivity index (χ2v) is 8.83. The molecule has 0 radical (unpaired) electrons. The van der Waals surface area contributed by atoms with E-state index in [-0.39, 0.29) is 5.91 Å². The lowest BCUT2D eigenvalue weighted by Gasteiger charge is -2.01. The van der Waals surface area contributed by atoms with Gasteiger partial charge in [0.15, 0.2) is 4.34 Å². The molecule has 0 fully saturated rings. The highest BCUT2D eigenvalue weighted by molar-refractivity contribution is 8.00. The number of thioether (sulfide) groups is 1. The summed E-state index contributed by atoms with van der Waals surface area (Å²) in [6.45, 7) is 0. The van der Waals surface area contributed by atoms with Crippen LogP contribution >= 0.6 is 34.7 Å². The first-order valence-electron chi connectivity index (χ1n) is 8.73. The number of halogens is 1. The average Bonchev–Trinajstić information content (AvgIpc) is 3.33. The van der Waals surface area contributed by atoms with E-state index in [4.69, 9.17) is 11.6 Å². The third kappa shape index (κ3) is 4.73. The minimum Gasteiger partial charge on any atom is -0.361 e. The van der Waals surface area contributed by atoms with Gasteiger partial charge in [0, 0.05) is 34.3 Å². The lowest BCUT2D eigenvalue weighted by molar-refractivity contribution is -0.116. The molecule has 2 aromatic carbocycles. The van der Waals surface area contributed by atoms with E-state index in [9.17, 15) is 4.79 Å². The van der Waals surface area contributed by atoms with E-state index in [1.807, 2.05) is 48.7 Å². The molecule has 2 N–H and O–H groups in total. The van der Waals surface area contributed by atoms with Gasteiger partial charge < -0.3 is 10.3 Å². The van der Waals surface area contributed by atoms with Crippen molar-refractivity contribution < 1.29 is 4.79 Å². The van der Waals surface area contributed by atoms with Crippen LogP contribution in [0.2, 0.25) is 5.02 Å². The van der Waals surface area contributed by atoms with Gasteiger partial charge in [0.25, 0.3) is 0 Å². The van der Waals surface area contributed by atoms with Crippen LogP contribution in [0.3, 0.4) is 0 Å². The lowest BCUT2D eigenvalue weighted by Crippen LogP contribution is -2.12. The Hall–Kier alpha value is -2.35. The number of fused-ring (bicyclic) bond motifs is 1. The van der Waals surface area contributed by atoms with Gasteiger partial charge in [-0.25, -0.2) is 0 Å². The fourth-order valence-corrected chi connectivity index (χ4v) is 4.66. The summed E-state index contributed by atoms with van der Waals surface area (Å²) in [5.74, 6) is 0.719. The second-order valence-electron chi connectivity index (χ2n) is 6.20. The fourth-order valence-electron chi connectivity index (χ4n) is 2.81. The van der Waals surface area contributed by atoms with Crippen molar-refractivity contribution in [1.29, 1.82) is 0 Å². The van der Waals surface area contributed by atoms with Crippen LogP contribution in [0.25, 0.3) is 10.9 Å². The van der Waals surface area contributed by atoms with Crippen LogP contribution in [0.5, 0.6) is 0 Å². The van der Waals surface area contributed by atoms with Gasteiger partial charge in [0.05, 0.1) is 0 Å². The summed E-state index contributed by atoms with van der Waals surface area (Å²) in [4.78, 5) is 15.5. The van der Waals surface area contributed by atoms with Crippen LogP contribution < -0.4 is 5.32 Å². The molecule has 0 saturated heterocycles. The van der Waals surface area contributed by atoms with Gasteiger partial charge >= 0.3 is 0 Å². The number of carbonyl (C=O) groups excluding carboxylic acids is 1. The van der Waals surface area contributed by atoms with Crippen LogP contribution in [0.1, 0.15) is 17.5 Å². The minimum absolute atomic E-state index is 0.0596. The molecule has 8 heteroatoms. The predicted molar refractivity (Wildman–Crippen MR) is 116 cm³/mol. The first-order valence-corrected chi connectivity index (χ1v) is 10.9. The molecule has 4 rings (SSSR count). The highest BCUT2D eigenvalue weighted by Crippen LogP contribution is 2.29. The number of nitrogens with zero attached hydrogens (tertiary/aromatic N) is 2. The minimum atomic E-state index is -0.0596. The topological polar surface area (TPSA) is 70.7 Å². The van der Waals surface area contributed by atoms with E-state index < -0.39 is 0 Å². The molecule has 28 heavy (non-hydrogen) atoms. The van der Waals surface area contributed by atoms with Gasteiger partial charge in [0.2, 0.25) is 11.0 Å². The van der Waals surface area contributed by atoms with Crippen molar-refractivity contribution in [2.75, 3.05) is 5.32 Å². The Morgan fingerprint density at radius 1 is 1.14 bits per heavy atom. The zero-order chi connectivity index (χ0) is 19.3. The maximum Gasteiger partial charge on any atom is 0.226 e. The Labute approximate surface area is 175 Å². The van der Waals surface area contributed by atoms with Crippen LogP contribution in [0, 0.1) is 0 Å². The number of hydrogen-bond donors (Lipinski definition) is 2. The maximum atomic E-state index is 12.3. The van der Waals surface area contributed by atoms with Crippen LogP contribution in [0.4, 0.5) is 5.13 Å². The number of amides is 1. The predicted octanol–water partition coefficient (Wildman–Crippen LogP) is 5.54. The molecule has 0 saturated carbocycles. The summed E-state index contributed by atoms with van der Waals surface area (Å²) >= 11 is 8.87. The number of anilines is 1. The molecule has 4 aromatic rings. The molecule has 0 bridgehead atoms. The Bertz CT molecular complexity index is 1090. The molecule has 5 nitrogen and oxygen atoms in total. The normalized spacial score (nSPS) is 11.0. The van der Waals surface area contributed by atoms with E-state index in [0.717, 1.165) is 37.1 Å². The van der Waals surface area contributed by atoms with Gasteiger partial charge in [-0.2, -0.15) is 0 Å². The summed E-state index contributed by atoms with van der Waals surface area (Å²) < 4.78 is 0.821. The Balaban J connectivity index is 1.28. The van der Waals surface area contributed by atoms with Crippen molar-refractivity contribution in [1.82, 2.24) is 15.2 Å². The Morgan fingerprint density at radius 3 is 2.82 bits per heavy atom. The van der Waals surface area contributed by atoms with Crippen molar-refractivity contribution in [3.8, 4) is 0 Å². The molecule has 142 valence electrons. The quantitative estimate of drug-likeness (QED) is 0.299. The number of hydrogen-bond acceptors (Lipinski definition) is 5. The molecule has 0 atom stereocenters. The van der Waals surface area contributed by atoms with Crippen LogP contribution in [-0.4, -0.2) is 21.1 Å². The highest BCUT2D eigenvalue weighted by Gasteiger charge is 2.11. The van der Waals surface area contributed by atoms with Crippen molar-refractivity contribution in [3.05, 3.63) is 70.9 Å². The van der Waals surface area contributed by atoms with Gasteiger partial charge in [-0.05, 0) is 35.7 Å². The molecule has 1 amide bonds. The Morgan fingerprint density at radius 2 is 1.96 bits per heavy atom. The molecular weight excluding hydrogens is 412 g/mol. The summed E-state index contributed by atoms with van der Waals surface area (Å²) in [6.07, 6.45) is 3.04. The van der Waals surface area contributed by atoms with Crippen molar-refractivity contribution >= 4 is 56.6 Å².